The highest BCUT2D eigenvalue weighted by Gasteiger charge is 2.12. The van der Waals surface area contributed by atoms with Gasteiger partial charge in [-0.1, -0.05) is 24.3 Å². The lowest BCUT2D eigenvalue weighted by Crippen LogP contribution is -2.05. The highest BCUT2D eigenvalue weighted by atomic mass is 16.5. The Morgan fingerprint density at radius 3 is 1.32 bits per heavy atom. The van der Waals surface area contributed by atoms with Gasteiger partial charge in [0.25, 0.3) is 0 Å². The van der Waals surface area contributed by atoms with Crippen LogP contribution in [0, 0.1) is 0 Å². The van der Waals surface area contributed by atoms with Gasteiger partial charge in [0.15, 0.2) is 0 Å². The molecule has 2 N–H and O–H groups in total. The molecule has 0 fully saturated rings. The summed E-state index contributed by atoms with van der Waals surface area (Å²) in [5, 5.41) is 18.5. The number of hydrogen-bond donors (Lipinski definition) is 2. The molecule has 0 heterocycles. The molecule has 0 aliphatic carbocycles. The van der Waals surface area contributed by atoms with Gasteiger partial charge in [-0.2, -0.15) is 0 Å². The molecule has 3 nitrogen and oxygen atoms in total. The number of phenols is 2. The zero-order chi connectivity index (χ0) is 13.8. The summed E-state index contributed by atoms with van der Waals surface area (Å²) < 4.78 is 5.94. The predicted molar refractivity (Wildman–Crippen MR) is 74.1 cm³/mol. The Kier molecular flexibility index (Phi) is 4.07. The first-order chi connectivity index (χ1) is 9.06. The second kappa shape index (κ2) is 5.76. The molecule has 0 amide bonds. The largest absolute Gasteiger partial charge is 0.508 e. The van der Waals surface area contributed by atoms with Gasteiger partial charge in [-0.05, 0) is 49.2 Å². The molecule has 2 unspecified atom stereocenters. The Hall–Kier alpha value is -2.00. The topological polar surface area (TPSA) is 49.7 Å². The number of phenolic OH excluding ortho intramolecular Hbond substituents is 2. The van der Waals surface area contributed by atoms with E-state index in [1.54, 1.807) is 24.3 Å². The minimum absolute atomic E-state index is 0.0654. The normalized spacial score (nSPS) is 14.0. The van der Waals surface area contributed by atoms with E-state index in [4.69, 9.17) is 4.74 Å². The van der Waals surface area contributed by atoms with Gasteiger partial charge >= 0.3 is 0 Å². The second-order valence-electron chi connectivity index (χ2n) is 4.60. The molecule has 0 bridgehead atoms. The van der Waals surface area contributed by atoms with E-state index in [9.17, 15) is 10.2 Å². The van der Waals surface area contributed by atoms with Crippen molar-refractivity contribution in [3.05, 3.63) is 59.7 Å². The molecule has 0 spiro atoms. The van der Waals surface area contributed by atoms with E-state index < -0.39 is 0 Å². The standard InChI is InChI=1S/C16H18O3/c1-11(13-3-7-15(17)8-4-13)19-12(2)14-5-9-16(18)10-6-14/h3-12,17-18H,1-2H3. The molecule has 0 aromatic heterocycles. The van der Waals surface area contributed by atoms with Crippen LogP contribution in [0.2, 0.25) is 0 Å². The highest BCUT2D eigenvalue weighted by Crippen LogP contribution is 2.27. The molecule has 0 saturated heterocycles. The molecule has 2 aromatic rings. The summed E-state index contributed by atoms with van der Waals surface area (Å²) in [7, 11) is 0. The van der Waals surface area contributed by atoms with Crippen LogP contribution in [0.4, 0.5) is 0 Å². The van der Waals surface area contributed by atoms with E-state index in [0.717, 1.165) is 11.1 Å². The molecule has 2 rings (SSSR count). The Morgan fingerprint density at radius 1 is 0.684 bits per heavy atom. The van der Waals surface area contributed by atoms with Gasteiger partial charge in [-0.25, -0.2) is 0 Å². The first-order valence-corrected chi connectivity index (χ1v) is 6.29. The van der Waals surface area contributed by atoms with Crippen LogP contribution in [0.3, 0.4) is 0 Å². The average Bonchev–Trinajstić information content (AvgIpc) is 2.40. The number of hydrogen-bond acceptors (Lipinski definition) is 3. The molecule has 19 heavy (non-hydrogen) atoms. The summed E-state index contributed by atoms with van der Waals surface area (Å²) in [4.78, 5) is 0. The summed E-state index contributed by atoms with van der Waals surface area (Å²) in [5.41, 5.74) is 2.03. The first-order valence-electron chi connectivity index (χ1n) is 6.29. The van der Waals surface area contributed by atoms with E-state index in [-0.39, 0.29) is 23.7 Å². The Morgan fingerprint density at radius 2 is 1.00 bits per heavy atom. The molecule has 0 aliphatic heterocycles. The molecule has 2 atom stereocenters. The van der Waals surface area contributed by atoms with Crippen LogP contribution < -0.4 is 0 Å². The van der Waals surface area contributed by atoms with Gasteiger partial charge in [0, 0.05) is 0 Å². The molecule has 3 heteroatoms. The summed E-state index contributed by atoms with van der Waals surface area (Å²) in [6, 6.07) is 14.0. The van der Waals surface area contributed by atoms with E-state index in [1.165, 1.54) is 0 Å². The van der Waals surface area contributed by atoms with Gasteiger partial charge in [-0.3, -0.25) is 0 Å². The maximum Gasteiger partial charge on any atom is 0.115 e. The predicted octanol–water partition coefficient (Wildman–Crippen LogP) is 3.94. The van der Waals surface area contributed by atoms with Crippen LogP contribution in [0.1, 0.15) is 37.2 Å². The third-order valence-electron chi connectivity index (χ3n) is 3.13. The van der Waals surface area contributed by atoms with E-state index in [1.807, 2.05) is 38.1 Å². The smallest absolute Gasteiger partial charge is 0.115 e. The third kappa shape index (κ3) is 3.48. The van der Waals surface area contributed by atoms with Crippen molar-refractivity contribution in [2.45, 2.75) is 26.1 Å². The van der Waals surface area contributed by atoms with Crippen LogP contribution >= 0.6 is 0 Å². The van der Waals surface area contributed by atoms with Gasteiger partial charge in [-0.15, -0.1) is 0 Å². The molecular weight excluding hydrogens is 240 g/mol. The van der Waals surface area contributed by atoms with Gasteiger partial charge in [0.1, 0.15) is 11.5 Å². The Labute approximate surface area is 113 Å². The zero-order valence-electron chi connectivity index (χ0n) is 11.1. The van der Waals surface area contributed by atoms with Gasteiger partial charge < -0.3 is 14.9 Å². The van der Waals surface area contributed by atoms with Crippen molar-refractivity contribution in [3.8, 4) is 11.5 Å². The zero-order valence-corrected chi connectivity index (χ0v) is 11.1. The van der Waals surface area contributed by atoms with Crippen LogP contribution in [0.25, 0.3) is 0 Å². The van der Waals surface area contributed by atoms with E-state index in [2.05, 4.69) is 0 Å². The Balaban J connectivity index is 2.03. The van der Waals surface area contributed by atoms with Crippen molar-refractivity contribution in [1.82, 2.24) is 0 Å². The Bertz CT molecular complexity index is 467. The van der Waals surface area contributed by atoms with Crippen LogP contribution in [-0.2, 0) is 4.74 Å². The number of aromatic hydroxyl groups is 2. The summed E-state index contributed by atoms with van der Waals surface area (Å²) in [6.45, 7) is 3.95. The SMILES string of the molecule is CC(OC(C)c1ccc(O)cc1)c1ccc(O)cc1. The van der Waals surface area contributed by atoms with Crippen molar-refractivity contribution in [2.24, 2.45) is 0 Å². The number of rotatable bonds is 4. The maximum absolute atomic E-state index is 9.26. The second-order valence-corrected chi connectivity index (χ2v) is 4.60. The van der Waals surface area contributed by atoms with Crippen LogP contribution in [0.15, 0.2) is 48.5 Å². The number of ether oxygens (including phenoxy) is 1. The van der Waals surface area contributed by atoms with Crippen molar-refractivity contribution in [2.75, 3.05) is 0 Å². The quantitative estimate of drug-likeness (QED) is 0.873. The lowest BCUT2D eigenvalue weighted by molar-refractivity contribution is 0.00583. The maximum atomic E-state index is 9.26. The molecular formula is C16H18O3. The first kappa shape index (κ1) is 13.4. The van der Waals surface area contributed by atoms with E-state index in [0.29, 0.717) is 0 Å². The van der Waals surface area contributed by atoms with Crippen molar-refractivity contribution >= 4 is 0 Å². The fraction of sp³-hybridized carbons (Fsp3) is 0.250. The highest BCUT2D eigenvalue weighted by molar-refractivity contribution is 5.28. The van der Waals surface area contributed by atoms with Crippen LogP contribution in [0.5, 0.6) is 11.5 Å². The van der Waals surface area contributed by atoms with Crippen molar-refractivity contribution < 1.29 is 14.9 Å². The lowest BCUT2D eigenvalue weighted by Gasteiger charge is -2.20. The lowest BCUT2D eigenvalue weighted by atomic mass is 10.1. The number of benzene rings is 2. The van der Waals surface area contributed by atoms with Gasteiger partial charge in [0.05, 0.1) is 12.2 Å². The third-order valence-corrected chi connectivity index (χ3v) is 3.13. The molecule has 0 aliphatic rings. The molecule has 0 saturated carbocycles. The molecule has 2 aromatic carbocycles. The fourth-order valence-electron chi connectivity index (χ4n) is 1.95. The average molecular weight is 258 g/mol. The van der Waals surface area contributed by atoms with Gasteiger partial charge in [0.2, 0.25) is 0 Å². The minimum Gasteiger partial charge on any atom is -0.508 e. The molecule has 100 valence electrons. The summed E-state index contributed by atoms with van der Waals surface area (Å²) in [5.74, 6) is 0.505. The minimum atomic E-state index is -0.0654. The molecule has 0 radical (unpaired) electrons. The fourth-order valence-corrected chi connectivity index (χ4v) is 1.95. The van der Waals surface area contributed by atoms with Crippen molar-refractivity contribution in [1.29, 1.82) is 0 Å². The summed E-state index contributed by atoms with van der Waals surface area (Å²) in [6.07, 6.45) is -0.131. The van der Waals surface area contributed by atoms with Crippen molar-refractivity contribution in [3.63, 3.8) is 0 Å². The van der Waals surface area contributed by atoms with Crippen LogP contribution in [-0.4, -0.2) is 10.2 Å². The van der Waals surface area contributed by atoms with E-state index >= 15 is 0 Å². The monoisotopic (exact) mass is 258 g/mol. The summed E-state index contributed by atoms with van der Waals surface area (Å²) >= 11 is 0.